The van der Waals surface area contributed by atoms with E-state index in [0.29, 0.717) is 0 Å². The maximum atomic E-state index is 9.84. The number of anilines is 1. The number of aliphatic hydroxyl groups is 1. The Morgan fingerprint density at radius 2 is 2.20 bits per heavy atom. The maximum Gasteiger partial charge on any atom is 0.225 e. The number of aliphatic hydroxyl groups excluding tert-OH is 1. The van der Waals surface area contributed by atoms with Crippen molar-refractivity contribution in [3.8, 4) is 0 Å². The van der Waals surface area contributed by atoms with E-state index in [0.717, 1.165) is 47.6 Å². The Morgan fingerprint density at radius 1 is 1.45 bits per heavy atom. The number of nitrogens with one attached hydrogen (secondary N) is 1. The Kier molecular flexibility index (Phi) is 3.84. The molecule has 0 aromatic carbocycles. The highest BCUT2D eigenvalue weighted by Crippen LogP contribution is 2.36. The van der Waals surface area contributed by atoms with E-state index in [1.807, 2.05) is 11.4 Å². The molecule has 6 heteroatoms. The second kappa shape index (κ2) is 5.47. The molecule has 0 saturated heterocycles. The highest BCUT2D eigenvalue weighted by atomic mass is 35.5. The van der Waals surface area contributed by atoms with Crippen molar-refractivity contribution in [3.05, 3.63) is 16.7 Å². The summed E-state index contributed by atoms with van der Waals surface area (Å²) in [4.78, 5) is 9.42. The van der Waals surface area contributed by atoms with Gasteiger partial charge in [-0.3, -0.25) is 0 Å². The first-order valence-electron chi connectivity index (χ1n) is 6.92. The lowest BCUT2D eigenvalue weighted by atomic mass is 9.77. The van der Waals surface area contributed by atoms with Gasteiger partial charge in [0.15, 0.2) is 0 Å². The third kappa shape index (κ3) is 2.62. The van der Waals surface area contributed by atoms with Gasteiger partial charge in [-0.2, -0.15) is 0 Å². The van der Waals surface area contributed by atoms with Gasteiger partial charge in [0.2, 0.25) is 5.28 Å². The van der Waals surface area contributed by atoms with Crippen LogP contribution in [0.2, 0.25) is 5.28 Å². The van der Waals surface area contributed by atoms with Gasteiger partial charge in [-0.05, 0) is 54.6 Å². The highest BCUT2D eigenvalue weighted by Gasteiger charge is 2.34. The van der Waals surface area contributed by atoms with Crippen molar-refractivity contribution in [2.45, 2.75) is 38.1 Å². The molecule has 0 radical (unpaired) electrons. The Labute approximate surface area is 127 Å². The fourth-order valence-electron chi connectivity index (χ4n) is 2.81. The van der Waals surface area contributed by atoms with Crippen molar-refractivity contribution in [2.75, 3.05) is 11.9 Å². The Bertz CT molecular complexity index is 607. The quantitative estimate of drug-likeness (QED) is 0.849. The van der Waals surface area contributed by atoms with Crippen LogP contribution in [-0.4, -0.2) is 27.2 Å². The minimum Gasteiger partial charge on any atom is -0.394 e. The Morgan fingerprint density at radius 3 is 2.90 bits per heavy atom. The van der Waals surface area contributed by atoms with Gasteiger partial charge in [0.05, 0.1) is 17.5 Å². The monoisotopic (exact) mass is 311 g/mol. The fraction of sp³-hybridized carbons (Fsp3) is 0.571. The lowest BCUT2D eigenvalue weighted by molar-refractivity contribution is 0.155. The predicted molar refractivity (Wildman–Crippen MR) is 83.5 cm³/mol. The second-order valence-electron chi connectivity index (χ2n) is 5.73. The van der Waals surface area contributed by atoms with E-state index in [1.54, 1.807) is 11.3 Å². The molecule has 0 spiro atoms. The molecule has 0 bridgehead atoms. The maximum absolute atomic E-state index is 9.84. The molecule has 0 amide bonds. The van der Waals surface area contributed by atoms with Crippen LogP contribution in [0.1, 0.15) is 32.6 Å². The average molecular weight is 312 g/mol. The summed E-state index contributed by atoms with van der Waals surface area (Å²) in [6.07, 6.45) is 4.16. The summed E-state index contributed by atoms with van der Waals surface area (Å²) in [6, 6.07) is 2.00. The molecule has 20 heavy (non-hydrogen) atoms. The summed E-state index contributed by atoms with van der Waals surface area (Å²) in [6.45, 7) is 2.38. The van der Waals surface area contributed by atoms with Crippen molar-refractivity contribution < 1.29 is 5.11 Å². The van der Waals surface area contributed by atoms with Gasteiger partial charge in [-0.15, -0.1) is 11.3 Å². The highest BCUT2D eigenvalue weighted by molar-refractivity contribution is 7.16. The summed E-state index contributed by atoms with van der Waals surface area (Å²) < 4.78 is 0. The van der Waals surface area contributed by atoms with Crippen LogP contribution in [0.4, 0.5) is 5.82 Å². The number of thiophene rings is 1. The zero-order valence-corrected chi connectivity index (χ0v) is 13.0. The molecule has 4 nitrogen and oxygen atoms in total. The summed E-state index contributed by atoms with van der Waals surface area (Å²) in [5, 5.41) is 16.5. The lowest BCUT2D eigenvalue weighted by Gasteiger charge is -2.39. The molecule has 2 aromatic rings. The van der Waals surface area contributed by atoms with Crippen LogP contribution in [0.3, 0.4) is 0 Å². The minimum atomic E-state index is -0.279. The molecule has 1 fully saturated rings. The topological polar surface area (TPSA) is 58.0 Å². The van der Waals surface area contributed by atoms with Crippen LogP contribution < -0.4 is 5.32 Å². The molecule has 2 heterocycles. The van der Waals surface area contributed by atoms with E-state index in [-0.39, 0.29) is 17.4 Å². The predicted octanol–water partition coefficient (Wildman–Crippen LogP) is 3.70. The van der Waals surface area contributed by atoms with Crippen LogP contribution in [0.15, 0.2) is 11.4 Å². The van der Waals surface area contributed by atoms with Crippen molar-refractivity contribution >= 4 is 39.0 Å². The van der Waals surface area contributed by atoms with E-state index in [9.17, 15) is 5.11 Å². The van der Waals surface area contributed by atoms with Crippen LogP contribution in [0, 0.1) is 5.92 Å². The largest absolute Gasteiger partial charge is 0.394 e. The standard InChI is InChI=1S/C14H18ClN3OS/c1-9-2-5-14(8-19,6-3-9)18-11-10-4-7-20-12(10)17-13(15)16-11/h4,7,9,19H,2-3,5-6,8H2,1H3,(H,16,17,18). The molecule has 108 valence electrons. The smallest absolute Gasteiger partial charge is 0.225 e. The Hall–Kier alpha value is -0.910. The Balaban J connectivity index is 1.93. The first-order chi connectivity index (χ1) is 9.62. The van der Waals surface area contributed by atoms with Crippen molar-refractivity contribution in [1.29, 1.82) is 0 Å². The number of hydrogen-bond donors (Lipinski definition) is 2. The number of fused-ring (bicyclic) bond motifs is 1. The van der Waals surface area contributed by atoms with Crippen LogP contribution in [-0.2, 0) is 0 Å². The molecule has 0 aliphatic heterocycles. The molecule has 0 unspecified atom stereocenters. The molecular weight excluding hydrogens is 294 g/mol. The normalized spacial score (nSPS) is 26.9. The lowest BCUT2D eigenvalue weighted by Crippen LogP contribution is -2.45. The van der Waals surface area contributed by atoms with Gasteiger partial charge in [0.25, 0.3) is 0 Å². The number of hydrogen-bond acceptors (Lipinski definition) is 5. The summed E-state index contributed by atoms with van der Waals surface area (Å²) in [5.41, 5.74) is -0.279. The average Bonchev–Trinajstić information content (AvgIpc) is 2.90. The molecule has 2 aromatic heterocycles. The van der Waals surface area contributed by atoms with Crippen LogP contribution in [0.25, 0.3) is 10.2 Å². The van der Waals surface area contributed by atoms with Crippen molar-refractivity contribution in [1.82, 2.24) is 9.97 Å². The van der Waals surface area contributed by atoms with E-state index in [4.69, 9.17) is 11.6 Å². The number of halogens is 1. The van der Waals surface area contributed by atoms with Gasteiger partial charge in [-0.25, -0.2) is 9.97 Å². The number of aromatic nitrogens is 2. The molecule has 1 saturated carbocycles. The molecular formula is C14H18ClN3OS. The summed E-state index contributed by atoms with van der Waals surface area (Å²) in [5.74, 6) is 1.47. The number of rotatable bonds is 3. The minimum absolute atomic E-state index is 0.118. The zero-order valence-electron chi connectivity index (χ0n) is 11.4. The van der Waals surface area contributed by atoms with Crippen molar-refractivity contribution in [2.24, 2.45) is 5.92 Å². The molecule has 3 rings (SSSR count). The molecule has 0 atom stereocenters. The molecule has 1 aliphatic rings. The summed E-state index contributed by atoms with van der Waals surface area (Å²) >= 11 is 7.54. The second-order valence-corrected chi connectivity index (χ2v) is 6.96. The SMILES string of the molecule is CC1CCC(CO)(Nc2nc(Cl)nc3sccc23)CC1. The van der Waals surface area contributed by atoms with Gasteiger partial charge >= 0.3 is 0 Å². The van der Waals surface area contributed by atoms with Gasteiger partial charge in [-0.1, -0.05) is 6.92 Å². The molecule has 2 N–H and O–H groups in total. The zero-order chi connectivity index (χ0) is 14.2. The van der Waals surface area contributed by atoms with Gasteiger partial charge < -0.3 is 10.4 Å². The van der Waals surface area contributed by atoms with E-state index in [1.165, 1.54) is 0 Å². The van der Waals surface area contributed by atoms with E-state index in [2.05, 4.69) is 22.2 Å². The number of nitrogens with zero attached hydrogens (tertiary/aromatic N) is 2. The van der Waals surface area contributed by atoms with Crippen LogP contribution >= 0.6 is 22.9 Å². The molecule has 1 aliphatic carbocycles. The third-order valence-corrected chi connectivity index (χ3v) is 5.19. The van der Waals surface area contributed by atoms with E-state index < -0.39 is 0 Å². The third-order valence-electron chi connectivity index (χ3n) is 4.22. The van der Waals surface area contributed by atoms with Gasteiger partial charge in [0, 0.05) is 0 Å². The first-order valence-corrected chi connectivity index (χ1v) is 8.17. The van der Waals surface area contributed by atoms with E-state index >= 15 is 0 Å². The fourth-order valence-corrected chi connectivity index (χ4v) is 3.80. The van der Waals surface area contributed by atoms with Crippen molar-refractivity contribution in [3.63, 3.8) is 0 Å². The van der Waals surface area contributed by atoms with Gasteiger partial charge in [0.1, 0.15) is 10.6 Å². The van der Waals surface area contributed by atoms with Crippen LogP contribution in [0.5, 0.6) is 0 Å². The first kappa shape index (κ1) is 14.0. The summed E-state index contributed by atoms with van der Waals surface area (Å²) in [7, 11) is 0.